The highest BCUT2D eigenvalue weighted by Gasteiger charge is 2.11. The molecule has 0 radical (unpaired) electrons. The van der Waals surface area contributed by atoms with Gasteiger partial charge in [-0.3, -0.25) is 0 Å². The summed E-state index contributed by atoms with van der Waals surface area (Å²) in [5.74, 6) is 0.588. The molecule has 0 fully saturated rings. The third kappa shape index (κ3) is 3.49. The van der Waals surface area contributed by atoms with Crippen molar-refractivity contribution in [2.75, 3.05) is 0 Å². The van der Waals surface area contributed by atoms with Crippen molar-refractivity contribution in [1.82, 2.24) is 0 Å². The van der Waals surface area contributed by atoms with E-state index in [0.717, 1.165) is 11.1 Å². The lowest BCUT2D eigenvalue weighted by molar-refractivity contribution is 0.220. The van der Waals surface area contributed by atoms with Gasteiger partial charge in [-0.2, -0.15) is 0 Å². The van der Waals surface area contributed by atoms with Gasteiger partial charge in [0.2, 0.25) is 0 Å². The fourth-order valence-corrected chi connectivity index (χ4v) is 2.55. The number of hydrogen-bond acceptors (Lipinski definition) is 1. The third-order valence-electron chi connectivity index (χ3n) is 3.94. The van der Waals surface area contributed by atoms with E-state index in [1.165, 1.54) is 24.0 Å². The van der Waals surface area contributed by atoms with Crippen LogP contribution in [0.2, 0.25) is 0 Å². The van der Waals surface area contributed by atoms with E-state index in [1.807, 2.05) is 36.4 Å². The third-order valence-corrected chi connectivity index (χ3v) is 3.94. The van der Waals surface area contributed by atoms with Gasteiger partial charge >= 0.3 is 0 Å². The normalized spacial score (nSPS) is 14.0. The highest BCUT2D eigenvalue weighted by atomic mass is 16.3. The Bertz CT molecular complexity index is 525. The van der Waals surface area contributed by atoms with Gasteiger partial charge in [-0.25, -0.2) is 0 Å². The van der Waals surface area contributed by atoms with Crippen molar-refractivity contribution in [3.05, 3.63) is 70.8 Å². The number of aryl methyl sites for hydroxylation is 1. The molecule has 0 heterocycles. The fourth-order valence-electron chi connectivity index (χ4n) is 2.55. The summed E-state index contributed by atoms with van der Waals surface area (Å²) in [5, 5.41) is 10.4. The molecule has 0 aromatic heterocycles. The molecular formula is C19H24O. The quantitative estimate of drug-likeness (QED) is 0.810. The van der Waals surface area contributed by atoms with Crippen LogP contribution >= 0.6 is 0 Å². The maximum Gasteiger partial charge on any atom is 0.104 e. The first-order chi connectivity index (χ1) is 9.61. The van der Waals surface area contributed by atoms with Crippen LogP contribution in [0, 0.1) is 6.92 Å². The minimum atomic E-state index is -0.536. The van der Waals surface area contributed by atoms with Crippen LogP contribution in [0.3, 0.4) is 0 Å². The molecule has 20 heavy (non-hydrogen) atoms. The maximum atomic E-state index is 10.4. The van der Waals surface area contributed by atoms with E-state index in [-0.39, 0.29) is 0 Å². The van der Waals surface area contributed by atoms with Crippen molar-refractivity contribution in [2.24, 2.45) is 0 Å². The molecule has 1 N–H and O–H groups in total. The first kappa shape index (κ1) is 14.8. The number of aliphatic hydroxyl groups is 1. The van der Waals surface area contributed by atoms with Crippen LogP contribution < -0.4 is 0 Å². The minimum Gasteiger partial charge on any atom is -0.384 e. The summed E-state index contributed by atoms with van der Waals surface area (Å²) in [6.45, 7) is 6.53. The van der Waals surface area contributed by atoms with Gasteiger partial charge in [-0.1, -0.05) is 74.4 Å². The summed E-state index contributed by atoms with van der Waals surface area (Å²) in [5.41, 5.74) is 4.47. The summed E-state index contributed by atoms with van der Waals surface area (Å²) in [7, 11) is 0. The molecule has 0 aliphatic heterocycles. The van der Waals surface area contributed by atoms with E-state index in [1.54, 1.807) is 0 Å². The predicted molar refractivity (Wildman–Crippen MR) is 85.0 cm³/mol. The Balaban J connectivity index is 2.15. The van der Waals surface area contributed by atoms with Crippen LogP contribution in [0.25, 0.3) is 0 Å². The average Bonchev–Trinajstić information content (AvgIpc) is 2.48. The smallest absolute Gasteiger partial charge is 0.104 e. The molecule has 2 rings (SSSR count). The Hall–Kier alpha value is -1.60. The summed E-state index contributed by atoms with van der Waals surface area (Å²) in [6.07, 6.45) is 1.88. The molecule has 0 spiro atoms. The van der Waals surface area contributed by atoms with Crippen molar-refractivity contribution >= 4 is 0 Å². The topological polar surface area (TPSA) is 20.2 Å². The van der Waals surface area contributed by atoms with E-state index in [4.69, 9.17) is 0 Å². The molecule has 0 bridgehead atoms. The Morgan fingerprint density at radius 3 is 1.80 bits per heavy atom. The highest BCUT2D eigenvalue weighted by molar-refractivity contribution is 5.33. The number of hydrogen-bond donors (Lipinski definition) is 1. The lowest BCUT2D eigenvalue weighted by Gasteiger charge is -2.15. The largest absolute Gasteiger partial charge is 0.384 e. The Morgan fingerprint density at radius 1 is 0.850 bits per heavy atom. The monoisotopic (exact) mass is 268 g/mol. The van der Waals surface area contributed by atoms with Crippen molar-refractivity contribution in [1.29, 1.82) is 0 Å². The SMILES string of the molecule is CCCC(C)c1ccc(C(O)c2ccc(C)cc2)cc1. The van der Waals surface area contributed by atoms with Crippen LogP contribution in [0.4, 0.5) is 0 Å². The van der Waals surface area contributed by atoms with Gasteiger partial charge in [0.05, 0.1) is 0 Å². The summed E-state index contributed by atoms with van der Waals surface area (Å²) < 4.78 is 0. The summed E-state index contributed by atoms with van der Waals surface area (Å²) >= 11 is 0. The summed E-state index contributed by atoms with van der Waals surface area (Å²) in [4.78, 5) is 0. The molecule has 0 aliphatic rings. The zero-order valence-corrected chi connectivity index (χ0v) is 12.6. The van der Waals surface area contributed by atoms with Crippen molar-refractivity contribution in [3.8, 4) is 0 Å². The standard InChI is InChI=1S/C19H24O/c1-4-5-15(3)16-10-12-18(13-11-16)19(20)17-8-6-14(2)7-9-17/h6-13,15,19-20H,4-5H2,1-3H3. The van der Waals surface area contributed by atoms with E-state index in [0.29, 0.717) is 5.92 Å². The van der Waals surface area contributed by atoms with Crippen LogP contribution in [-0.4, -0.2) is 5.11 Å². The van der Waals surface area contributed by atoms with Crippen molar-refractivity contribution < 1.29 is 5.11 Å². The molecule has 2 aromatic rings. The molecule has 0 aliphatic carbocycles. The average molecular weight is 268 g/mol. The number of aliphatic hydroxyl groups excluding tert-OH is 1. The van der Waals surface area contributed by atoms with Gasteiger partial charge in [-0.15, -0.1) is 0 Å². The van der Waals surface area contributed by atoms with Gasteiger partial charge in [-0.05, 0) is 36.0 Å². The highest BCUT2D eigenvalue weighted by Crippen LogP contribution is 2.26. The zero-order chi connectivity index (χ0) is 14.5. The van der Waals surface area contributed by atoms with E-state index in [9.17, 15) is 5.11 Å². The first-order valence-corrected chi connectivity index (χ1v) is 7.46. The molecule has 0 amide bonds. The molecular weight excluding hydrogens is 244 g/mol. The minimum absolute atomic E-state index is 0.536. The van der Waals surface area contributed by atoms with Crippen LogP contribution in [0.15, 0.2) is 48.5 Å². The summed E-state index contributed by atoms with van der Waals surface area (Å²) in [6, 6.07) is 16.5. The maximum absolute atomic E-state index is 10.4. The van der Waals surface area contributed by atoms with Gasteiger partial charge < -0.3 is 5.11 Å². The Morgan fingerprint density at radius 2 is 1.30 bits per heavy atom. The Kier molecular flexibility index (Phi) is 4.97. The second kappa shape index (κ2) is 6.71. The lowest BCUT2D eigenvalue weighted by atomic mass is 9.93. The first-order valence-electron chi connectivity index (χ1n) is 7.46. The second-order valence-electron chi connectivity index (χ2n) is 5.67. The number of benzene rings is 2. The molecule has 0 saturated carbocycles. The molecule has 1 heteroatoms. The van der Waals surface area contributed by atoms with Crippen molar-refractivity contribution in [2.45, 2.75) is 45.6 Å². The zero-order valence-electron chi connectivity index (χ0n) is 12.6. The van der Waals surface area contributed by atoms with E-state index in [2.05, 4.69) is 32.9 Å². The molecule has 2 unspecified atom stereocenters. The molecule has 106 valence electrons. The van der Waals surface area contributed by atoms with E-state index < -0.39 is 6.10 Å². The lowest BCUT2D eigenvalue weighted by Crippen LogP contribution is -2.00. The van der Waals surface area contributed by atoms with Gasteiger partial charge in [0.1, 0.15) is 6.10 Å². The molecule has 1 nitrogen and oxygen atoms in total. The molecule has 2 atom stereocenters. The van der Waals surface area contributed by atoms with Gasteiger partial charge in [0.15, 0.2) is 0 Å². The van der Waals surface area contributed by atoms with Crippen LogP contribution in [0.5, 0.6) is 0 Å². The predicted octanol–water partition coefficient (Wildman–Crippen LogP) is 4.98. The van der Waals surface area contributed by atoms with Gasteiger partial charge in [0.25, 0.3) is 0 Å². The van der Waals surface area contributed by atoms with Crippen LogP contribution in [-0.2, 0) is 0 Å². The van der Waals surface area contributed by atoms with Crippen LogP contribution in [0.1, 0.15) is 61.0 Å². The van der Waals surface area contributed by atoms with Crippen molar-refractivity contribution in [3.63, 3.8) is 0 Å². The molecule has 2 aromatic carbocycles. The van der Waals surface area contributed by atoms with Gasteiger partial charge in [0, 0.05) is 0 Å². The second-order valence-corrected chi connectivity index (χ2v) is 5.67. The Labute approximate surface area is 122 Å². The number of rotatable bonds is 5. The van der Waals surface area contributed by atoms with E-state index >= 15 is 0 Å². The molecule has 0 saturated heterocycles. The fraction of sp³-hybridized carbons (Fsp3) is 0.368.